The molecule has 0 saturated heterocycles. The van der Waals surface area contributed by atoms with Crippen LogP contribution in [0.5, 0.6) is 0 Å². The summed E-state index contributed by atoms with van der Waals surface area (Å²) in [6.07, 6.45) is 0.858. The lowest BCUT2D eigenvalue weighted by Crippen LogP contribution is -2.30. The molecule has 0 bridgehead atoms. The fourth-order valence-electron chi connectivity index (χ4n) is 2.65. The van der Waals surface area contributed by atoms with Gasteiger partial charge in [0, 0.05) is 22.9 Å². The van der Waals surface area contributed by atoms with E-state index in [4.69, 9.17) is 23.2 Å². The molecule has 10 nitrogen and oxygen atoms in total. The maximum absolute atomic E-state index is 12.7. The Morgan fingerprint density at radius 1 is 0.735 bits per heavy atom. The third-order valence-corrected chi connectivity index (χ3v) is 7.41. The highest BCUT2D eigenvalue weighted by atomic mass is 35.5. The topological polar surface area (TPSA) is 151 Å². The van der Waals surface area contributed by atoms with Gasteiger partial charge in [-0.25, -0.2) is 26.3 Å². The lowest BCUT2D eigenvalue weighted by Gasteiger charge is -2.10. The first-order valence-corrected chi connectivity index (χ1v) is 13.7. The van der Waals surface area contributed by atoms with Crippen molar-refractivity contribution >= 4 is 66.4 Å². The normalized spacial score (nSPS) is 12.0. The maximum atomic E-state index is 12.7. The molecule has 2 N–H and O–H groups in total. The van der Waals surface area contributed by atoms with E-state index in [-0.39, 0.29) is 34.3 Å². The number of azo groups is 1. The molecule has 0 atom stereocenters. The first-order valence-electron chi connectivity index (χ1n) is 10.0. The number of rotatable bonds is 10. The van der Waals surface area contributed by atoms with Crippen LogP contribution in [0.4, 0.5) is 11.4 Å². The summed E-state index contributed by atoms with van der Waals surface area (Å²) >= 11 is 11.9. The van der Waals surface area contributed by atoms with Gasteiger partial charge in [0.05, 0.1) is 0 Å². The molecule has 0 aromatic heterocycles. The molecule has 14 heteroatoms. The van der Waals surface area contributed by atoms with Gasteiger partial charge >= 0.3 is 0 Å². The Kier molecular flexibility index (Phi) is 9.56. The Morgan fingerprint density at radius 3 is 1.41 bits per heavy atom. The van der Waals surface area contributed by atoms with Crippen molar-refractivity contribution in [1.82, 2.24) is 9.44 Å². The van der Waals surface area contributed by atoms with Crippen molar-refractivity contribution in [3.8, 4) is 0 Å². The highest BCUT2D eigenvalue weighted by molar-refractivity contribution is 7.90. The lowest BCUT2D eigenvalue weighted by molar-refractivity contribution is -0.120. The quantitative estimate of drug-likeness (QED) is 0.413. The molecular formula is C20H22Cl2N4O6S2. The van der Waals surface area contributed by atoms with E-state index in [1.54, 1.807) is 13.8 Å². The molecule has 0 fully saturated rings. The number of carbonyl (C=O) groups excluding carboxylic acids is 2. The largest absolute Gasteiger partial charge is 0.274 e. The summed E-state index contributed by atoms with van der Waals surface area (Å²) in [4.78, 5) is 22.8. The van der Waals surface area contributed by atoms with Crippen LogP contribution in [0.25, 0.3) is 0 Å². The van der Waals surface area contributed by atoms with E-state index >= 15 is 0 Å². The predicted octanol–water partition coefficient (Wildman–Crippen LogP) is 4.62. The van der Waals surface area contributed by atoms with E-state index in [1.165, 1.54) is 24.3 Å². The smallest absolute Gasteiger partial charge is 0.266 e. The van der Waals surface area contributed by atoms with Gasteiger partial charge in [-0.2, -0.15) is 0 Å². The van der Waals surface area contributed by atoms with Gasteiger partial charge in [-0.3, -0.25) is 9.59 Å². The van der Waals surface area contributed by atoms with Crippen molar-refractivity contribution < 1.29 is 26.4 Å². The Labute approximate surface area is 207 Å². The lowest BCUT2D eigenvalue weighted by atomic mass is 10.3. The Morgan fingerprint density at radius 2 is 1.09 bits per heavy atom. The summed E-state index contributed by atoms with van der Waals surface area (Å²) in [5.74, 6) is -1.42. The molecule has 184 valence electrons. The first-order chi connectivity index (χ1) is 15.9. The summed E-state index contributed by atoms with van der Waals surface area (Å²) in [5, 5.41) is 7.88. The number of carbonyl (C=O) groups is 2. The van der Waals surface area contributed by atoms with Crippen molar-refractivity contribution in [2.24, 2.45) is 10.2 Å². The summed E-state index contributed by atoms with van der Waals surface area (Å²) in [7, 11) is -8.68. The standard InChI is InChI=1S/C20H22Cl2N4O6S2/c1-3-5-19(27)25-33(29,30)17-11-13(21)7-9-15(17)23-24-16-10-8-14(22)12-18(16)34(31,32)26-20(28)6-4-2/h7-12H,3-6H2,1-2H3,(H,25,27)(H,26,28). The third kappa shape index (κ3) is 7.49. The average Bonchev–Trinajstić information content (AvgIpc) is 2.73. The number of amides is 2. The monoisotopic (exact) mass is 548 g/mol. The van der Waals surface area contributed by atoms with Crippen molar-refractivity contribution in [3.63, 3.8) is 0 Å². The second-order valence-electron chi connectivity index (χ2n) is 6.98. The third-order valence-electron chi connectivity index (χ3n) is 4.14. The SMILES string of the molecule is CCCC(=O)NS(=O)(=O)c1cc(Cl)ccc1N=Nc1ccc(Cl)cc1S(=O)(=O)NC(=O)CCC. The van der Waals surface area contributed by atoms with Crippen molar-refractivity contribution in [2.45, 2.75) is 49.3 Å². The fraction of sp³-hybridized carbons (Fsp3) is 0.300. The van der Waals surface area contributed by atoms with Crippen molar-refractivity contribution in [3.05, 3.63) is 46.4 Å². The number of benzene rings is 2. The van der Waals surface area contributed by atoms with Gasteiger partial charge in [-0.15, -0.1) is 10.2 Å². The van der Waals surface area contributed by atoms with Gasteiger partial charge in [0.2, 0.25) is 11.8 Å². The number of nitrogens with one attached hydrogen (secondary N) is 2. The van der Waals surface area contributed by atoms with Crippen molar-refractivity contribution in [2.75, 3.05) is 0 Å². The Bertz CT molecular complexity index is 1230. The van der Waals surface area contributed by atoms with Crippen LogP contribution in [0, 0.1) is 0 Å². The number of hydrogen-bond acceptors (Lipinski definition) is 8. The van der Waals surface area contributed by atoms with E-state index < -0.39 is 41.7 Å². The average molecular weight is 549 g/mol. The fourth-order valence-corrected chi connectivity index (χ4v) is 5.47. The minimum Gasteiger partial charge on any atom is -0.274 e. The van der Waals surface area contributed by atoms with Gasteiger partial charge in [-0.1, -0.05) is 37.0 Å². The molecule has 0 aliphatic carbocycles. The highest BCUT2D eigenvalue weighted by Crippen LogP contribution is 2.32. The maximum Gasteiger partial charge on any atom is 0.266 e. The van der Waals surface area contributed by atoms with Crippen molar-refractivity contribution in [1.29, 1.82) is 0 Å². The van der Waals surface area contributed by atoms with Gasteiger partial charge in [0.15, 0.2) is 0 Å². The van der Waals surface area contributed by atoms with Crippen LogP contribution in [-0.2, 0) is 29.6 Å². The van der Waals surface area contributed by atoms with Crippen LogP contribution < -0.4 is 9.44 Å². The molecule has 0 radical (unpaired) electrons. The van der Waals surface area contributed by atoms with Gasteiger partial charge in [-0.05, 0) is 49.2 Å². The van der Waals surface area contributed by atoms with Crippen LogP contribution in [0.2, 0.25) is 10.0 Å². The molecule has 2 amide bonds. The predicted molar refractivity (Wildman–Crippen MR) is 128 cm³/mol. The van der Waals surface area contributed by atoms with E-state index in [0.717, 1.165) is 12.1 Å². The number of hydrogen-bond donors (Lipinski definition) is 2. The minimum absolute atomic E-state index is 0.00755. The zero-order valence-corrected chi connectivity index (χ0v) is 21.4. The molecule has 2 aromatic rings. The van der Waals surface area contributed by atoms with Gasteiger partial charge < -0.3 is 0 Å². The van der Waals surface area contributed by atoms with Gasteiger partial charge in [0.25, 0.3) is 20.0 Å². The molecule has 2 aromatic carbocycles. The van der Waals surface area contributed by atoms with Crippen LogP contribution in [0.15, 0.2) is 56.4 Å². The van der Waals surface area contributed by atoms with E-state index in [9.17, 15) is 26.4 Å². The van der Waals surface area contributed by atoms with Crippen LogP contribution in [0.1, 0.15) is 39.5 Å². The molecule has 34 heavy (non-hydrogen) atoms. The van der Waals surface area contributed by atoms with Crippen LogP contribution in [0.3, 0.4) is 0 Å². The molecule has 0 heterocycles. The molecule has 0 aliphatic rings. The first kappa shape index (κ1) is 27.7. The molecule has 2 rings (SSSR count). The minimum atomic E-state index is -4.34. The Balaban J connectivity index is 2.51. The molecule has 0 saturated carbocycles. The molecule has 0 spiro atoms. The second-order valence-corrected chi connectivity index (χ2v) is 11.2. The van der Waals surface area contributed by atoms with Crippen LogP contribution in [-0.4, -0.2) is 28.6 Å². The molecule has 0 aliphatic heterocycles. The van der Waals surface area contributed by atoms with Crippen LogP contribution >= 0.6 is 23.2 Å². The van der Waals surface area contributed by atoms with E-state index in [2.05, 4.69) is 10.2 Å². The summed E-state index contributed by atoms with van der Waals surface area (Å²) in [6.45, 7) is 3.43. The molecular weight excluding hydrogens is 527 g/mol. The number of nitrogens with zero attached hydrogens (tertiary/aromatic N) is 2. The highest BCUT2D eigenvalue weighted by Gasteiger charge is 2.24. The van der Waals surface area contributed by atoms with Gasteiger partial charge in [0.1, 0.15) is 21.2 Å². The Hall–Kier alpha value is -2.54. The number of halogens is 2. The van der Waals surface area contributed by atoms with E-state index in [0.29, 0.717) is 12.8 Å². The molecule has 0 unspecified atom stereocenters. The zero-order valence-electron chi connectivity index (χ0n) is 18.2. The zero-order chi connectivity index (χ0) is 25.5. The summed E-state index contributed by atoms with van der Waals surface area (Å²) < 4.78 is 54.7. The number of sulfonamides is 2. The second kappa shape index (κ2) is 11.7. The summed E-state index contributed by atoms with van der Waals surface area (Å²) in [6, 6.07) is 7.38. The summed E-state index contributed by atoms with van der Waals surface area (Å²) in [5.41, 5.74) is -0.399. The van der Waals surface area contributed by atoms with E-state index in [1.807, 2.05) is 9.44 Å².